The van der Waals surface area contributed by atoms with Gasteiger partial charge in [-0.1, -0.05) is 34.1 Å². The Hall–Kier alpha value is -0.570. The number of hydrogen-bond donors (Lipinski definition) is 2. The van der Waals surface area contributed by atoms with Crippen LogP contribution in [0.2, 0.25) is 0 Å². The molecule has 3 heteroatoms. The first kappa shape index (κ1) is 15.4. The maximum atomic E-state index is 11.7. The summed E-state index contributed by atoms with van der Waals surface area (Å²) in [6, 6.07) is 0.375. The summed E-state index contributed by atoms with van der Waals surface area (Å²) in [7, 11) is 0. The van der Waals surface area contributed by atoms with Crippen molar-refractivity contribution in [1.82, 2.24) is 10.6 Å². The van der Waals surface area contributed by atoms with Crippen molar-refractivity contribution in [3.8, 4) is 0 Å². The second-order valence-electron chi connectivity index (χ2n) is 4.92. The molecule has 96 valence electrons. The highest BCUT2D eigenvalue weighted by Crippen LogP contribution is 2.02. The molecule has 2 atom stereocenters. The van der Waals surface area contributed by atoms with Gasteiger partial charge in [0, 0.05) is 12.6 Å². The van der Waals surface area contributed by atoms with E-state index in [-0.39, 0.29) is 11.9 Å². The van der Waals surface area contributed by atoms with E-state index >= 15 is 0 Å². The van der Waals surface area contributed by atoms with Crippen LogP contribution in [0.3, 0.4) is 0 Å². The van der Waals surface area contributed by atoms with E-state index < -0.39 is 0 Å². The zero-order valence-corrected chi connectivity index (χ0v) is 11.5. The molecule has 2 N–H and O–H groups in total. The minimum absolute atomic E-state index is 0.0877. The van der Waals surface area contributed by atoms with E-state index in [2.05, 4.69) is 38.3 Å². The first-order valence-electron chi connectivity index (χ1n) is 6.54. The lowest BCUT2D eigenvalue weighted by Crippen LogP contribution is -2.47. The van der Waals surface area contributed by atoms with Gasteiger partial charge in [0.05, 0.1) is 6.04 Å². The van der Waals surface area contributed by atoms with Crippen molar-refractivity contribution in [3.63, 3.8) is 0 Å². The van der Waals surface area contributed by atoms with Crippen LogP contribution < -0.4 is 10.6 Å². The summed E-state index contributed by atoms with van der Waals surface area (Å²) in [6.07, 6.45) is 3.37. The molecule has 0 fully saturated rings. The maximum absolute atomic E-state index is 11.7. The first-order chi connectivity index (χ1) is 7.51. The smallest absolute Gasteiger partial charge is 0.236 e. The summed E-state index contributed by atoms with van der Waals surface area (Å²) in [5.41, 5.74) is 0. The zero-order valence-electron chi connectivity index (χ0n) is 11.5. The number of rotatable bonds is 8. The van der Waals surface area contributed by atoms with Gasteiger partial charge < -0.3 is 10.6 Å². The van der Waals surface area contributed by atoms with Crippen molar-refractivity contribution in [2.45, 2.75) is 66.0 Å². The molecule has 0 radical (unpaired) electrons. The van der Waals surface area contributed by atoms with E-state index in [1.165, 1.54) is 0 Å². The minimum Gasteiger partial charge on any atom is -0.354 e. The number of nitrogens with one attached hydrogen (secondary N) is 2. The monoisotopic (exact) mass is 228 g/mol. The maximum Gasteiger partial charge on any atom is 0.236 e. The molecule has 0 aromatic rings. The van der Waals surface area contributed by atoms with E-state index in [0.717, 1.165) is 25.8 Å². The van der Waals surface area contributed by atoms with Crippen LogP contribution in [0.15, 0.2) is 0 Å². The third-order valence-corrected chi connectivity index (χ3v) is 2.69. The van der Waals surface area contributed by atoms with Crippen molar-refractivity contribution in [2.75, 3.05) is 6.54 Å². The Kier molecular flexibility index (Phi) is 8.26. The predicted octanol–water partition coefficient (Wildman–Crippen LogP) is 2.32. The lowest BCUT2D eigenvalue weighted by molar-refractivity contribution is -0.123. The summed E-state index contributed by atoms with van der Waals surface area (Å²) in [5.74, 6) is 0.622. The number of hydrogen-bond acceptors (Lipinski definition) is 2. The molecule has 0 aliphatic carbocycles. The molecule has 0 aliphatic rings. The van der Waals surface area contributed by atoms with Crippen molar-refractivity contribution < 1.29 is 4.79 Å². The van der Waals surface area contributed by atoms with E-state index in [9.17, 15) is 4.79 Å². The molecular weight excluding hydrogens is 200 g/mol. The van der Waals surface area contributed by atoms with Crippen LogP contribution in [0, 0.1) is 5.92 Å². The Bertz CT molecular complexity index is 192. The normalized spacial score (nSPS) is 14.9. The molecule has 0 aromatic carbocycles. The number of carbonyl (C=O) groups excluding carboxylic acids is 1. The molecule has 0 aromatic heterocycles. The van der Waals surface area contributed by atoms with Gasteiger partial charge in [-0.2, -0.15) is 0 Å². The van der Waals surface area contributed by atoms with Gasteiger partial charge in [0.15, 0.2) is 0 Å². The van der Waals surface area contributed by atoms with Crippen molar-refractivity contribution >= 4 is 5.91 Å². The van der Waals surface area contributed by atoms with Gasteiger partial charge in [0.1, 0.15) is 0 Å². The highest BCUT2D eigenvalue weighted by atomic mass is 16.2. The molecule has 0 saturated carbocycles. The van der Waals surface area contributed by atoms with Gasteiger partial charge in [-0.05, 0) is 25.7 Å². The topological polar surface area (TPSA) is 41.1 Å². The molecule has 3 nitrogen and oxygen atoms in total. The lowest BCUT2D eigenvalue weighted by atomic mass is 10.1. The third kappa shape index (κ3) is 6.83. The summed E-state index contributed by atoms with van der Waals surface area (Å²) in [4.78, 5) is 11.7. The van der Waals surface area contributed by atoms with Crippen LogP contribution in [-0.2, 0) is 4.79 Å². The number of carbonyl (C=O) groups is 1. The van der Waals surface area contributed by atoms with Crippen molar-refractivity contribution in [1.29, 1.82) is 0 Å². The first-order valence-corrected chi connectivity index (χ1v) is 6.54. The molecule has 0 bridgehead atoms. The minimum atomic E-state index is -0.0877. The Morgan fingerprint density at radius 2 is 1.81 bits per heavy atom. The van der Waals surface area contributed by atoms with Crippen LogP contribution in [0.1, 0.15) is 53.9 Å². The Labute approximate surface area is 100 Å². The van der Waals surface area contributed by atoms with Crippen LogP contribution in [-0.4, -0.2) is 24.5 Å². The second kappa shape index (κ2) is 8.57. The SMILES string of the molecule is CCCC(CC)NC(C)C(=O)NCC(C)C. The van der Waals surface area contributed by atoms with Gasteiger partial charge in [-0.15, -0.1) is 0 Å². The average molecular weight is 228 g/mol. The largest absolute Gasteiger partial charge is 0.354 e. The highest BCUT2D eigenvalue weighted by molar-refractivity contribution is 5.81. The molecule has 2 unspecified atom stereocenters. The van der Waals surface area contributed by atoms with Gasteiger partial charge in [-0.3, -0.25) is 4.79 Å². The van der Waals surface area contributed by atoms with Crippen LogP contribution in [0.25, 0.3) is 0 Å². The third-order valence-electron chi connectivity index (χ3n) is 2.69. The molecule has 16 heavy (non-hydrogen) atoms. The fourth-order valence-electron chi connectivity index (χ4n) is 1.64. The molecule has 0 heterocycles. The van der Waals surface area contributed by atoms with Crippen molar-refractivity contribution in [3.05, 3.63) is 0 Å². The lowest BCUT2D eigenvalue weighted by Gasteiger charge is -2.21. The van der Waals surface area contributed by atoms with Crippen LogP contribution in [0.5, 0.6) is 0 Å². The zero-order chi connectivity index (χ0) is 12.6. The second-order valence-corrected chi connectivity index (χ2v) is 4.92. The van der Waals surface area contributed by atoms with Crippen molar-refractivity contribution in [2.24, 2.45) is 5.92 Å². The Morgan fingerprint density at radius 3 is 2.25 bits per heavy atom. The van der Waals surface area contributed by atoms with Gasteiger partial charge in [0.25, 0.3) is 0 Å². The van der Waals surface area contributed by atoms with E-state index in [4.69, 9.17) is 0 Å². The molecule has 0 aliphatic heterocycles. The fourth-order valence-corrected chi connectivity index (χ4v) is 1.64. The van der Waals surface area contributed by atoms with Gasteiger partial charge in [-0.25, -0.2) is 0 Å². The van der Waals surface area contributed by atoms with Gasteiger partial charge in [0.2, 0.25) is 5.91 Å². The van der Waals surface area contributed by atoms with E-state index in [0.29, 0.717) is 12.0 Å². The summed E-state index contributed by atoms with van der Waals surface area (Å²) in [5, 5.41) is 6.33. The molecule has 0 rings (SSSR count). The molecule has 0 spiro atoms. The Morgan fingerprint density at radius 1 is 1.19 bits per heavy atom. The summed E-state index contributed by atoms with van der Waals surface area (Å²) >= 11 is 0. The molecule has 1 amide bonds. The number of amides is 1. The Balaban J connectivity index is 3.92. The highest BCUT2D eigenvalue weighted by Gasteiger charge is 2.15. The fraction of sp³-hybridized carbons (Fsp3) is 0.923. The van der Waals surface area contributed by atoms with E-state index in [1.807, 2.05) is 6.92 Å². The molecular formula is C13H28N2O. The molecule has 0 saturated heterocycles. The summed E-state index contributed by atoms with van der Waals surface area (Å²) in [6.45, 7) is 11.2. The predicted molar refractivity (Wildman–Crippen MR) is 69.4 cm³/mol. The quantitative estimate of drug-likeness (QED) is 0.669. The van der Waals surface area contributed by atoms with E-state index in [1.54, 1.807) is 0 Å². The standard InChI is InChI=1S/C13H28N2O/c1-6-8-12(7-2)15-11(5)13(16)14-9-10(3)4/h10-12,15H,6-9H2,1-5H3,(H,14,16). The van der Waals surface area contributed by atoms with Gasteiger partial charge >= 0.3 is 0 Å². The average Bonchev–Trinajstić information content (AvgIpc) is 2.24. The van der Waals surface area contributed by atoms with Crippen LogP contribution >= 0.6 is 0 Å². The van der Waals surface area contributed by atoms with Crippen LogP contribution in [0.4, 0.5) is 0 Å². The summed E-state index contributed by atoms with van der Waals surface area (Å²) < 4.78 is 0.